The van der Waals surface area contributed by atoms with E-state index >= 15 is 0 Å². The third kappa shape index (κ3) is 3.42. The summed E-state index contributed by atoms with van der Waals surface area (Å²) < 4.78 is 0. The van der Waals surface area contributed by atoms with Gasteiger partial charge in [-0.3, -0.25) is 0 Å². The minimum atomic E-state index is -0.0214. The number of hydrogen-bond donors (Lipinski definition) is 1. The molecule has 3 heteroatoms. The van der Waals surface area contributed by atoms with Crippen molar-refractivity contribution in [3.8, 4) is 0 Å². The van der Waals surface area contributed by atoms with Crippen LogP contribution in [0, 0.1) is 0 Å². The van der Waals surface area contributed by atoms with Gasteiger partial charge in [-0.05, 0) is 20.3 Å². The van der Waals surface area contributed by atoms with Gasteiger partial charge < -0.3 is 10.2 Å². The molecule has 1 N–H and O–H groups in total. The van der Waals surface area contributed by atoms with Crippen molar-refractivity contribution < 1.29 is 4.79 Å². The first-order valence-electron chi connectivity index (χ1n) is 4.22. The molecule has 0 aromatic heterocycles. The lowest BCUT2D eigenvalue weighted by atomic mass is 10.3. The molecule has 0 atom stereocenters. The summed E-state index contributed by atoms with van der Waals surface area (Å²) in [7, 11) is 1.64. The number of urea groups is 1. The van der Waals surface area contributed by atoms with Crippen molar-refractivity contribution in [2.75, 3.05) is 13.6 Å². The normalized spacial score (nSPS) is 9.67. The van der Waals surface area contributed by atoms with E-state index in [4.69, 9.17) is 0 Å². The standard InChI is InChI=1S/C9H18N2O/c1-5-6-7-11(8(2)3)9(12)10-4/h5,8H,1,6-7H2,2-4H3,(H,10,12). The van der Waals surface area contributed by atoms with Gasteiger partial charge in [0, 0.05) is 19.6 Å². The summed E-state index contributed by atoms with van der Waals surface area (Å²) in [6, 6.07) is 0.219. The molecule has 70 valence electrons. The summed E-state index contributed by atoms with van der Waals surface area (Å²) in [5.41, 5.74) is 0. The Morgan fingerprint density at radius 1 is 1.67 bits per heavy atom. The zero-order valence-corrected chi connectivity index (χ0v) is 8.13. The highest BCUT2D eigenvalue weighted by Gasteiger charge is 2.13. The van der Waals surface area contributed by atoms with Crippen molar-refractivity contribution in [2.45, 2.75) is 26.3 Å². The largest absolute Gasteiger partial charge is 0.341 e. The molecule has 0 aliphatic carbocycles. The van der Waals surface area contributed by atoms with Crippen LogP contribution in [0.4, 0.5) is 4.79 Å². The molecular formula is C9H18N2O. The van der Waals surface area contributed by atoms with Gasteiger partial charge in [0.1, 0.15) is 0 Å². The first-order valence-corrected chi connectivity index (χ1v) is 4.22. The Morgan fingerprint density at radius 2 is 2.25 bits per heavy atom. The Labute approximate surface area is 74.4 Å². The molecule has 0 bridgehead atoms. The van der Waals surface area contributed by atoms with Gasteiger partial charge in [-0.15, -0.1) is 6.58 Å². The van der Waals surface area contributed by atoms with Gasteiger partial charge in [-0.1, -0.05) is 6.08 Å². The molecular weight excluding hydrogens is 152 g/mol. The molecule has 3 nitrogen and oxygen atoms in total. The van der Waals surface area contributed by atoms with Gasteiger partial charge in [0.15, 0.2) is 0 Å². The Bertz CT molecular complexity index is 155. The Morgan fingerprint density at radius 3 is 2.58 bits per heavy atom. The zero-order chi connectivity index (χ0) is 9.56. The fourth-order valence-electron chi connectivity index (χ4n) is 0.968. The van der Waals surface area contributed by atoms with Crippen molar-refractivity contribution in [1.29, 1.82) is 0 Å². The van der Waals surface area contributed by atoms with Gasteiger partial charge in [-0.2, -0.15) is 0 Å². The van der Waals surface area contributed by atoms with Crippen LogP contribution in [0.2, 0.25) is 0 Å². The van der Waals surface area contributed by atoms with Crippen molar-refractivity contribution in [1.82, 2.24) is 10.2 Å². The third-order valence-electron chi connectivity index (χ3n) is 1.67. The van der Waals surface area contributed by atoms with Crippen LogP contribution >= 0.6 is 0 Å². The van der Waals surface area contributed by atoms with E-state index < -0.39 is 0 Å². The van der Waals surface area contributed by atoms with Crippen LogP contribution in [-0.4, -0.2) is 30.6 Å². The molecule has 0 saturated heterocycles. The van der Waals surface area contributed by atoms with Crippen LogP contribution < -0.4 is 5.32 Å². The molecule has 0 saturated carbocycles. The molecule has 0 aliphatic rings. The van der Waals surface area contributed by atoms with Gasteiger partial charge in [0.2, 0.25) is 0 Å². The van der Waals surface area contributed by atoms with Gasteiger partial charge in [0.05, 0.1) is 0 Å². The Balaban J connectivity index is 4.03. The molecule has 0 aromatic carbocycles. The fraction of sp³-hybridized carbons (Fsp3) is 0.667. The average molecular weight is 170 g/mol. The van der Waals surface area contributed by atoms with E-state index in [1.165, 1.54) is 0 Å². The predicted molar refractivity (Wildman–Crippen MR) is 51.1 cm³/mol. The lowest BCUT2D eigenvalue weighted by Crippen LogP contribution is -2.42. The summed E-state index contributed by atoms with van der Waals surface area (Å²) in [6.07, 6.45) is 2.66. The fourth-order valence-corrected chi connectivity index (χ4v) is 0.968. The molecule has 2 amide bonds. The van der Waals surface area contributed by atoms with Crippen molar-refractivity contribution in [2.24, 2.45) is 0 Å². The lowest BCUT2D eigenvalue weighted by molar-refractivity contribution is 0.187. The topological polar surface area (TPSA) is 32.3 Å². The minimum absolute atomic E-state index is 0.0214. The lowest BCUT2D eigenvalue weighted by Gasteiger charge is -2.25. The van der Waals surface area contributed by atoms with Gasteiger partial charge >= 0.3 is 6.03 Å². The summed E-state index contributed by atoms with van der Waals surface area (Å²) in [5.74, 6) is 0. The maximum atomic E-state index is 11.2. The van der Waals surface area contributed by atoms with E-state index in [-0.39, 0.29) is 12.1 Å². The van der Waals surface area contributed by atoms with Crippen LogP contribution in [0.5, 0.6) is 0 Å². The molecule has 0 heterocycles. The highest BCUT2D eigenvalue weighted by atomic mass is 16.2. The van der Waals surface area contributed by atoms with Crippen LogP contribution in [0.1, 0.15) is 20.3 Å². The number of carbonyl (C=O) groups excluding carboxylic acids is 1. The molecule has 0 aromatic rings. The summed E-state index contributed by atoms with van der Waals surface area (Å²) in [5, 5.41) is 2.61. The number of rotatable bonds is 4. The quantitative estimate of drug-likeness (QED) is 0.639. The maximum absolute atomic E-state index is 11.2. The zero-order valence-electron chi connectivity index (χ0n) is 8.13. The SMILES string of the molecule is C=CCCN(C(=O)NC)C(C)C. The smallest absolute Gasteiger partial charge is 0.317 e. The maximum Gasteiger partial charge on any atom is 0.317 e. The van der Waals surface area contributed by atoms with E-state index in [0.29, 0.717) is 0 Å². The second-order valence-electron chi connectivity index (χ2n) is 2.92. The van der Waals surface area contributed by atoms with E-state index in [2.05, 4.69) is 11.9 Å². The van der Waals surface area contributed by atoms with E-state index in [0.717, 1.165) is 13.0 Å². The summed E-state index contributed by atoms with van der Waals surface area (Å²) in [4.78, 5) is 13.0. The first kappa shape index (κ1) is 11.0. The van der Waals surface area contributed by atoms with Crippen molar-refractivity contribution >= 4 is 6.03 Å². The van der Waals surface area contributed by atoms with Crippen LogP contribution in [0.3, 0.4) is 0 Å². The highest BCUT2D eigenvalue weighted by molar-refractivity contribution is 5.74. The molecule has 12 heavy (non-hydrogen) atoms. The number of nitrogens with one attached hydrogen (secondary N) is 1. The van der Waals surface area contributed by atoms with E-state index in [1.807, 2.05) is 19.9 Å². The Kier molecular flexibility index (Phi) is 5.17. The molecule has 0 radical (unpaired) electrons. The monoisotopic (exact) mass is 170 g/mol. The second-order valence-corrected chi connectivity index (χ2v) is 2.92. The number of amides is 2. The van der Waals surface area contributed by atoms with Gasteiger partial charge in [-0.25, -0.2) is 4.79 Å². The first-order chi connectivity index (χ1) is 5.63. The summed E-state index contributed by atoms with van der Waals surface area (Å²) in [6.45, 7) is 8.35. The molecule has 0 unspecified atom stereocenters. The predicted octanol–water partition coefficient (Wildman–Crippen LogP) is 1.61. The minimum Gasteiger partial charge on any atom is -0.341 e. The van der Waals surface area contributed by atoms with Crippen LogP contribution in [0.25, 0.3) is 0 Å². The Hall–Kier alpha value is -0.990. The molecule has 0 spiro atoms. The highest BCUT2D eigenvalue weighted by Crippen LogP contribution is 2.00. The van der Waals surface area contributed by atoms with Crippen molar-refractivity contribution in [3.05, 3.63) is 12.7 Å². The van der Waals surface area contributed by atoms with E-state index in [9.17, 15) is 4.79 Å². The molecule has 0 aliphatic heterocycles. The number of carbonyl (C=O) groups is 1. The van der Waals surface area contributed by atoms with Crippen LogP contribution in [0.15, 0.2) is 12.7 Å². The molecule has 0 rings (SSSR count). The second kappa shape index (κ2) is 5.63. The van der Waals surface area contributed by atoms with Gasteiger partial charge in [0.25, 0.3) is 0 Å². The number of nitrogens with zero attached hydrogens (tertiary/aromatic N) is 1. The number of hydrogen-bond acceptors (Lipinski definition) is 1. The van der Waals surface area contributed by atoms with Crippen molar-refractivity contribution in [3.63, 3.8) is 0 Å². The summed E-state index contributed by atoms with van der Waals surface area (Å²) >= 11 is 0. The average Bonchev–Trinajstić information content (AvgIpc) is 2.04. The van der Waals surface area contributed by atoms with Crippen LogP contribution in [-0.2, 0) is 0 Å². The van der Waals surface area contributed by atoms with E-state index in [1.54, 1.807) is 11.9 Å². The molecule has 0 fully saturated rings. The third-order valence-corrected chi connectivity index (χ3v) is 1.67.